The van der Waals surface area contributed by atoms with Gasteiger partial charge in [-0.1, -0.05) is 35.2 Å². The number of carbonyl (C=O) groups excluding carboxylic acids is 1. The summed E-state index contributed by atoms with van der Waals surface area (Å²) in [6.07, 6.45) is 0.639. The van der Waals surface area contributed by atoms with Crippen LogP contribution in [-0.2, 0) is 9.53 Å². The van der Waals surface area contributed by atoms with Crippen LogP contribution in [0.4, 0.5) is 0 Å². The Morgan fingerprint density at radius 2 is 2.25 bits per heavy atom. The SMILES string of the molecule is COC(=O)[C@H](CO)CC1([N+](=N)[O-])CC1c1ccccc1. The molecule has 0 bridgehead atoms. The van der Waals surface area contributed by atoms with Crippen LogP contribution in [0.3, 0.4) is 0 Å². The van der Waals surface area contributed by atoms with E-state index in [1.807, 2.05) is 30.3 Å². The van der Waals surface area contributed by atoms with Crippen molar-refractivity contribution in [2.24, 2.45) is 5.92 Å². The number of esters is 1. The van der Waals surface area contributed by atoms with Crippen LogP contribution in [0, 0.1) is 16.7 Å². The van der Waals surface area contributed by atoms with Gasteiger partial charge in [-0.15, -0.1) is 0 Å². The van der Waals surface area contributed by atoms with Crippen molar-refractivity contribution < 1.29 is 19.5 Å². The third-order valence-electron chi connectivity index (χ3n) is 4.01. The minimum Gasteiger partial charge on any atom is -0.600 e. The van der Waals surface area contributed by atoms with Crippen molar-refractivity contribution >= 4 is 5.97 Å². The molecule has 2 rings (SSSR count). The Labute approximate surface area is 117 Å². The van der Waals surface area contributed by atoms with E-state index in [0.717, 1.165) is 5.56 Å². The second-order valence-corrected chi connectivity index (χ2v) is 5.17. The predicted molar refractivity (Wildman–Crippen MR) is 70.1 cm³/mol. The molecule has 1 aromatic rings. The lowest BCUT2D eigenvalue weighted by Gasteiger charge is -2.18. The van der Waals surface area contributed by atoms with Crippen LogP contribution in [0.15, 0.2) is 30.3 Å². The van der Waals surface area contributed by atoms with E-state index in [1.54, 1.807) is 0 Å². The summed E-state index contributed by atoms with van der Waals surface area (Å²) < 4.78 is 4.62. The summed E-state index contributed by atoms with van der Waals surface area (Å²) in [5.74, 6) is -1.40. The van der Waals surface area contributed by atoms with E-state index in [9.17, 15) is 15.1 Å². The van der Waals surface area contributed by atoms with Gasteiger partial charge in [0.2, 0.25) is 5.54 Å². The van der Waals surface area contributed by atoms with Gasteiger partial charge in [-0.3, -0.25) is 4.79 Å². The summed E-state index contributed by atoms with van der Waals surface area (Å²) >= 11 is 0. The van der Waals surface area contributed by atoms with Crippen molar-refractivity contribution in [3.8, 4) is 0 Å². The number of ether oxygens (including phenoxy) is 1. The Balaban J connectivity index is 2.18. The van der Waals surface area contributed by atoms with E-state index in [4.69, 9.17) is 5.53 Å². The maximum Gasteiger partial charge on any atom is 0.311 e. The predicted octanol–water partition coefficient (Wildman–Crippen LogP) is 1.63. The van der Waals surface area contributed by atoms with Crippen molar-refractivity contribution in [1.82, 2.24) is 0 Å². The van der Waals surface area contributed by atoms with Crippen molar-refractivity contribution in [2.75, 3.05) is 13.7 Å². The lowest BCUT2D eigenvalue weighted by atomic mass is 9.95. The smallest absolute Gasteiger partial charge is 0.311 e. The number of hydrogen-bond acceptors (Lipinski definition) is 5. The molecule has 2 N–H and O–H groups in total. The second-order valence-electron chi connectivity index (χ2n) is 5.17. The number of nitrogens with zero attached hydrogens (tertiary/aromatic N) is 1. The molecule has 1 fully saturated rings. The van der Waals surface area contributed by atoms with Crippen LogP contribution in [0.1, 0.15) is 24.3 Å². The average molecular weight is 278 g/mol. The highest BCUT2D eigenvalue weighted by atomic mass is 16.5. The number of carbonyl (C=O) groups is 1. The zero-order chi connectivity index (χ0) is 14.8. The molecule has 0 radical (unpaired) electrons. The van der Waals surface area contributed by atoms with Crippen LogP contribution in [0.2, 0.25) is 0 Å². The van der Waals surface area contributed by atoms with E-state index in [-0.39, 0.29) is 23.8 Å². The van der Waals surface area contributed by atoms with E-state index in [2.05, 4.69) is 4.74 Å². The Hall–Kier alpha value is -1.95. The maximum absolute atomic E-state index is 11.6. The lowest BCUT2D eigenvalue weighted by Crippen LogP contribution is -2.32. The number of hydroxylamine groups is 1. The fourth-order valence-corrected chi connectivity index (χ4v) is 2.76. The molecule has 3 atom stereocenters. The summed E-state index contributed by atoms with van der Waals surface area (Å²) in [4.78, 5) is 11.7. The standard InChI is InChI=1S/C14H18N2O4/c1-20-13(18)11(9-17)7-14(16(15)19)8-12(14)10-5-3-2-4-6-10/h2-6,11-12,15,17H,7-9H2,1H3/t11-,12?,14?/m0/s1. The largest absolute Gasteiger partial charge is 0.600 e. The van der Waals surface area contributed by atoms with Crippen LogP contribution in [0.5, 0.6) is 0 Å². The molecule has 1 saturated carbocycles. The van der Waals surface area contributed by atoms with Gasteiger partial charge in [0.15, 0.2) is 0 Å². The van der Waals surface area contributed by atoms with Crippen molar-refractivity contribution in [1.29, 1.82) is 5.53 Å². The molecular weight excluding hydrogens is 260 g/mol. The number of hydrogen-bond donors (Lipinski definition) is 2. The normalized spacial score (nSPS) is 25.8. The number of methoxy groups -OCH3 is 1. The van der Waals surface area contributed by atoms with Gasteiger partial charge in [0, 0.05) is 12.8 Å². The average Bonchev–Trinajstić information content (AvgIpc) is 3.21. The minimum atomic E-state index is -0.942. The van der Waals surface area contributed by atoms with Crippen LogP contribution in [-0.4, -0.2) is 35.2 Å². The lowest BCUT2D eigenvalue weighted by molar-refractivity contribution is -0.607. The summed E-state index contributed by atoms with van der Waals surface area (Å²) in [5, 5.41) is 20.9. The fourth-order valence-electron chi connectivity index (χ4n) is 2.76. The first-order chi connectivity index (χ1) is 9.55. The number of aliphatic hydroxyl groups excluding tert-OH is 1. The molecule has 0 heterocycles. The maximum atomic E-state index is 11.6. The Morgan fingerprint density at radius 1 is 1.60 bits per heavy atom. The molecule has 6 nitrogen and oxygen atoms in total. The number of benzene rings is 1. The third-order valence-corrected chi connectivity index (χ3v) is 4.01. The molecule has 1 aliphatic rings. The van der Waals surface area contributed by atoms with Crippen molar-refractivity contribution in [3.05, 3.63) is 41.1 Å². The highest BCUT2D eigenvalue weighted by Gasteiger charge is 2.65. The first kappa shape index (κ1) is 14.5. The molecule has 2 unspecified atom stereocenters. The number of aliphatic hydroxyl groups is 1. The van der Waals surface area contributed by atoms with E-state index >= 15 is 0 Å². The minimum absolute atomic E-state index is 0.0857. The monoisotopic (exact) mass is 278 g/mol. The molecule has 20 heavy (non-hydrogen) atoms. The molecule has 0 aliphatic heterocycles. The first-order valence-electron chi connectivity index (χ1n) is 6.47. The van der Waals surface area contributed by atoms with Gasteiger partial charge in [-0.2, -0.15) is 0 Å². The summed E-state index contributed by atoms with van der Waals surface area (Å²) in [5.41, 5.74) is 7.47. The van der Waals surface area contributed by atoms with Gasteiger partial charge in [0.05, 0.1) is 25.6 Å². The Morgan fingerprint density at radius 3 is 2.75 bits per heavy atom. The summed E-state index contributed by atoms with van der Waals surface area (Å²) in [6, 6.07) is 9.45. The highest BCUT2D eigenvalue weighted by molar-refractivity contribution is 5.72. The Kier molecular flexibility index (Phi) is 4.04. The van der Waals surface area contributed by atoms with Gasteiger partial charge in [0.1, 0.15) is 0 Å². The number of rotatable bonds is 6. The summed E-state index contributed by atoms with van der Waals surface area (Å²) in [6.45, 7) is -0.385. The van der Waals surface area contributed by atoms with Crippen molar-refractivity contribution in [3.63, 3.8) is 0 Å². The van der Waals surface area contributed by atoms with Gasteiger partial charge in [0.25, 0.3) is 0 Å². The summed E-state index contributed by atoms with van der Waals surface area (Å²) in [7, 11) is 1.24. The molecule has 1 aliphatic carbocycles. The molecule has 0 amide bonds. The quantitative estimate of drug-likeness (QED) is 0.357. The molecule has 0 saturated heterocycles. The first-order valence-corrected chi connectivity index (χ1v) is 6.47. The number of nitrogens with one attached hydrogen (secondary N) is 1. The zero-order valence-corrected chi connectivity index (χ0v) is 11.3. The molecule has 0 aromatic heterocycles. The van der Waals surface area contributed by atoms with Gasteiger partial charge in [-0.25, -0.2) is 0 Å². The molecule has 108 valence electrons. The fraction of sp³-hybridized carbons (Fsp3) is 0.500. The Bertz CT molecular complexity index is 505. The van der Waals surface area contributed by atoms with Gasteiger partial charge in [-0.05, 0) is 11.1 Å². The second kappa shape index (κ2) is 5.58. The molecule has 0 spiro atoms. The van der Waals surface area contributed by atoms with E-state index in [1.165, 1.54) is 7.11 Å². The molecule has 1 aromatic carbocycles. The van der Waals surface area contributed by atoms with Crippen LogP contribution >= 0.6 is 0 Å². The van der Waals surface area contributed by atoms with Gasteiger partial charge < -0.3 is 15.1 Å². The van der Waals surface area contributed by atoms with Crippen LogP contribution < -0.4 is 0 Å². The van der Waals surface area contributed by atoms with Crippen LogP contribution in [0.25, 0.3) is 0 Å². The molecular formula is C14H18N2O4. The zero-order valence-electron chi connectivity index (χ0n) is 11.3. The topological polar surface area (TPSA) is 96.5 Å². The van der Waals surface area contributed by atoms with E-state index in [0.29, 0.717) is 6.42 Å². The highest BCUT2D eigenvalue weighted by Crippen LogP contribution is 2.57. The van der Waals surface area contributed by atoms with Gasteiger partial charge >= 0.3 is 5.97 Å². The molecule has 6 heteroatoms. The third kappa shape index (κ3) is 2.51. The van der Waals surface area contributed by atoms with Crippen molar-refractivity contribution in [2.45, 2.75) is 24.3 Å². The van der Waals surface area contributed by atoms with E-state index < -0.39 is 17.4 Å².